The SMILES string of the molecule is O=C(NCCCNC(=O)c1cc(-c2ccccc2)on1)C1=CN=NC1. The minimum absolute atomic E-state index is 0.180. The zero-order valence-electron chi connectivity index (χ0n) is 13.4. The zero-order valence-corrected chi connectivity index (χ0v) is 13.4. The molecule has 0 fully saturated rings. The van der Waals surface area contributed by atoms with Crippen molar-refractivity contribution >= 4 is 11.8 Å². The van der Waals surface area contributed by atoms with Crippen LogP contribution in [0.2, 0.25) is 0 Å². The molecule has 2 heterocycles. The van der Waals surface area contributed by atoms with E-state index in [4.69, 9.17) is 4.52 Å². The Kier molecular flexibility index (Phi) is 5.30. The fourth-order valence-corrected chi connectivity index (χ4v) is 2.22. The van der Waals surface area contributed by atoms with Crippen molar-refractivity contribution in [1.82, 2.24) is 15.8 Å². The molecule has 0 saturated heterocycles. The summed E-state index contributed by atoms with van der Waals surface area (Å²) in [6.45, 7) is 1.18. The van der Waals surface area contributed by atoms with Gasteiger partial charge in [-0.25, -0.2) is 0 Å². The van der Waals surface area contributed by atoms with Gasteiger partial charge in [0.1, 0.15) is 0 Å². The summed E-state index contributed by atoms with van der Waals surface area (Å²) in [5.74, 6) is 0.0485. The smallest absolute Gasteiger partial charge is 0.273 e. The molecule has 2 amide bonds. The van der Waals surface area contributed by atoms with Crippen LogP contribution >= 0.6 is 0 Å². The molecule has 8 nitrogen and oxygen atoms in total. The van der Waals surface area contributed by atoms with E-state index in [2.05, 4.69) is 26.0 Å². The lowest BCUT2D eigenvalue weighted by Crippen LogP contribution is -2.30. The monoisotopic (exact) mass is 339 g/mol. The van der Waals surface area contributed by atoms with Crippen molar-refractivity contribution < 1.29 is 14.1 Å². The molecule has 1 aromatic heterocycles. The van der Waals surface area contributed by atoms with Crippen molar-refractivity contribution in [2.45, 2.75) is 6.42 Å². The Balaban J connectivity index is 1.39. The van der Waals surface area contributed by atoms with Crippen molar-refractivity contribution in [2.24, 2.45) is 10.2 Å². The number of carbonyl (C=O) groups is 2. The third-order valence-corrected chi connectivity index (χ3v) is 3.55. The van der Waals surface area contributed by atoms with Gasteiger partial charge in [-0.1, -0.05) is 35.5 Å². The highest BCUT2D eigenvalue weighted by Crippen LogP contribution is 2.19. The van der Waals surface area contributed by atoms with Gasteiger partial charge in [0.05, 0.1) is 18.3 Å². The van der Waals surface area contributed by atoms with Crippen LogP contribution in [0.25, 0.3) is 11.3 Å². The fraction of sp³-hybridized carbons (Fsp3) is 0.235. The molecule has 8 heteroatoms. The lowest BCUT2D eigenvalue weighted by atomic mass is 10.1. The van der Waals surface area contributed by atoms with Crippen molar-refractivity contribution in [2.75, 3.05) is 19.6 Å². The first-order chi connectivity index (χ1) is 12.2. The summed E-state index contributed by atoms with van der Waals surface area (Å²) in [6, 6.07) is 11.0. The van der Waals surface area contributed by atoms with Crippen molar-refractivity contribution in [1.29, 1.82) is 0 Å². The molecule has 3 rings (SSSR count). The lowest BCUT2D eigenvalue weighted by Gasteiger charge is -2.05. The maximum Gasteiger partial charge on any atom is 0.273 e. The molecule has 25 heavy (non-hydrogen) atoms. The summed E-state index contributed by atoms with van der Waals surface area (Å²) in [6.07, 6.45) is 2.05. The minimum Gasteiger partial charge on any atom is -0.355 e. The lowest BCUT2D eigenvalue weighted by molar-refractivity contribution is -0.117. The van der Waals surface area contributed by atoms with Crippen LogP contribution in [0.4, 0.5) is 0 Å². The summed E-state index contributed by atoms with van der Waals surface area (Å²) in [5, 5.41) is 16.6. The number of benzene rings is 1. The van der Waals surface area contributed by atoms with Gasteiger partial charge in [0.25, 0.3) is 11.8 Å². The quantitative estimate of drug-likeness (QED) is 0.751. The Morgan fingerprint density at radius 2 is 1.84 bits per heavy atom. The van der Waals surface area contributed by atoms with Gasteiger partial charge < -0.3 is 15.2 Å². The van der Waals surface area contributed by atoms with Gasteiger partial charge in [0, 0.05) is 24.7 Å². The molecule has 2 aromatic rings. The molecule has 0 saturated carbocycles. The third-order valence-electron chi connectivity index (χ3n) is 3.55. The average molecular weight is 339 g/mol. The zero-order chi connectivity index (χ0) is 17.5. The van der Waals surface area contributed by atoms with Crippen LogP contribution in [0, 0.1) is 0 Å². The molecule has 128 valence electrons. The van der Waals surface area contributed by atoms with Gasteiger partial charge in [-0.3, -0.25) is 9.59 Å². The number of nitrogens with zero attached hydrogens (tertiary/aromatic N) is 3. The van der Waals surface area contributed by atoms with Crippen molar-refractivity contribution in [3.63, 3.8) is 0 Å². The van der Waals surface area contributed by atoms with E-state index in [0.29, 0.717) is 37.4 Å². The highest BCUT2D eigenvalue weighted by atomic mass is 16.5. The molecule has 0 aliphatic carbocycles. The van der Waals surface area contributed by atoms with Gasteiger partial charge in [-0.15, -0.1) is 0 Å². The first-order valence-corrected chi connectivity index (χ1v) is 7.88. The Hall–Kier alpha value is -3.29. The largest absolute Gasteiger partial charge is 0.355 e. The maximum atomic E-state index is 12.0. The molecular weight excluding hydrogens is 322 g/mol. The molecule has 2 N–H and O–H groups in total. The van der Waals surface area contributed by atoms with Gasteiger partial charge in [-0.05, 0) is 6.42 Å². The Morgan fingerprint density at radius 3 is 2.56 bits per heavy atom. The van der Waals surface area contributed by atoms with E-state index in [1.165, 1.54) is 6.20 Å². The molecule has 0 atom stereocenters. The number of nitrogens with one attached hydrogen (secondary N) is 2. The van der Waals surface area contributed by atoms with Gasteiger partial charge in [-0.2, -0.15) is 10.2 Å². The number of hydrogen-bond donors (Lipinski definition) is 2. The predicted octanol–water partition coefficient (Wildman–Crippen LogP) is 1.93. The number of azo groups is 1. The van der Waals surface area contributed by atoms with Crippen LogP contribution in [-0.4, -0.2) is 36.6 Å². The number of aromatic nitrogens is 1. The Labute approximate surface area is 144 Å². The van der Waals surface area contributed by atoms with Crippen LogP contribution in [0.5, 0.6) is 0 Å². The van der Waals surface area contributed by atoms with Crippen LogP contribution in [0.1, 0.15) is 16.9 Å². The first kappa shape index (κ1) is 16.6. The second kappa shape index (κ2) is 8.00. The molecular formula is C17H17N5O3. The molecule has 1 aliphatic rings. The normalized spacial score (nSPS) is 12.7. The average Bonchev–Trinajstić information content (AvgIpc) is 3.34. The summed E-state index contributed by atoms with van der Waals surface area (Å²) in [5.41, 5.74) is 1.62. The van der Waals surface area contributed by atoms with E-state index in [1.54, 1.807) is 6.07 Å². The number of rotatable bonds is 7. The van der Waals surface area contributed by atoms with E-state index in [1.807, 2.05) is 30.3 Å². The Bertz CT molecular complexity index is 811. The second-order valence-corrected chi connectivity index (χ2v) is 5.38. The summed E-state index contributed by atoms with van der Waals surface area (Å²) in [7, 11) is 0. The van der Waals surface area contributed by atoms with E-state index >= 15 is 0 Å². The molecule has 0 spiro atoms. The highest BCUT2D eigenvalue weighted by Gasteiger charge is 2.14. The molecule has 0 radical (unpaired) electrons. The molecule has 1 aliphatic heterocycles. The minimum atomic E-state index is -0.312. The highest BCUT2D eigenvalue weighted by molar-refractivity contribution is 5.94. The predicted molar refractivity (Wildman–Crippen MR) is 89.7 cm³/mol. The number of hydrogen-bond acceptors (Lipinski definition) is 6. The Morgan fingerprint density at radius 1 is 1.08 bits per heavy atom. The summed E-state index contributed by atoms with van der Waals surface area (Å²) in [4.78, 5) is 23.7. The first-order valence-electron chi connectivity index (χ1n) is 7.88. The molecule has 0 unspecified atom stereocenters. The van der Waals surface area contributed by atoms with E-state index in [-0.39, 0.29) is 17.5 Å². The van der Waals surface area contributed by atoms with Gasteiger partial charge >= 0.3 is 0 Å². The standard InChI is InChI=1S/C17H17N5O3/c23-16(13-10-20-21-11-13)18-7-4-8-19-17(24)14-9-15(25-22-14)12-5-2-1-3-6-12/h1-3,5-6,9-10H,4,7-8,11H2,(H,18,23)(H,19,24). The summed E-state index contributed by atoms with van der Waals surface area (Å²) >= 11 is 0. The summed E-state index contributed by atoms with van der Waals surface area (Å²) < 4.78 is 5.20. The topological polar surface area (TPSA) is 109 Å². The van der Waals surface area contributed by atoms with Gasteiger partial charge in [0.15, 0.2) is 11.5 Å². The van der Waals surface area contributed by atoms with E-state index < -0.39 is 0 Å². The van der Waals surface area contributed by atoms with Crippen molar-refractivity contribution in [3.05, 3.63) is 53.9 Å². The fourth-order valence-electron chi connectivity index (χ4n) is 2.22. The molecule has 0 bridgehead atoms. The maximum absolute atomic E-state index is 12.0. The second-order valence-electron chi connectivity index (χ2n) is 5.38. The third kappa shape index (κ3) is 4.37. The van der Waals surface area contributed by atoms with E-state index in [0.717, 1.165) is 5.56 Å². The van der Waals surface area contributed by atoms with Gasteiger partial charge in [0.2, 0.25) is 0 Å². The van der Waals surface area contributed by atoms with Crippen LogP contribution < -0.4 is 10.6 Å². The number of amides is 2. The molecule has 1 aromatic carbocycles. The van der Waals surface area contributed by atoms with Crippen LogP contribution in [0.3, 0.4) is 0 Å². The number of carbonyl (C=O) groups excluding carboxylic acids is 2. The van der Waals surface area contributed by atoms with Crippen molar-refractivity contribution in [3.8, 4) is 11.3 Å². The van der Waals surface area contributed by atoms with Crippen LogP contribution in [-0.2, 0) is 4.79 Å². The van der Waals surface area contributed by atoms with Crippen LogP contribution in [0.15, 0.2) is 62.9 Å². The van der Waals surface area contributed by atoms with E-state index in [9.17, 15) is 9.59 Å².